The third kappa shape index (κ3) is 5.04. The zero-order chi connectivity index (χ0) is 22.5. The standard InChI is InChI=1S/C22H27N3O4S2/c1-6-25-21(27)19-13(2)14(3)31-20(19)24-22(25)30-12-18(26)23-10-9-15-7-8-16(28-4)17(11-15)29-5/h7-8,11H,6,9-10,12H2,1-5H3,(H,23,26). The van der Waals surface area contributed by atoms with E-state index < -0.39 is 0 Å². The van der Waals surface area contributed by atoms with Gasteiger partial charge in [0.2, 0.25) is 5.91 Å². The first-order valence-electron chi connectivity index (χ1n) is 10.0. The van der Waals surface area contributed by atoms with Gasteiger partial charge in [-0.2, -0.15) is 0 Å². The SMILES string of the molecule is CCn1c(SCC(=O)NCCc2ccc(OC)c(OC)c2)nc2sc(C)c(C)c2c1=O. The van der Waals surface area contributed by atoms with Gasteiger partial charge >= 0.3 is 0 Å². The second kappa shape index (κ2) is 10.2. The molecular weight excluding hydrogens is 434 g/mol. The molecule has 166 valence electrons. The van der Waals surface area contributed by atoms with Crippen LogP contribution in [0.4, 0.5) is 0 Å². The lowest BCUT2D eigenvalue weighted by Gasteiger charge is -2.11. The quantitative estimate of drug-likeness (QED) is 0.388. The van der Waals surface area contributed by atoms with E-state index in [4.69, 9.17) is 9.47 Å². The number of ether oxygens (including phenoxy) is 2. The van der Waals surface area contributed by atoms with Gasteiger partial charge in [0.15, 0.2) is 16.7 Å². The molecular formula is C22H27N3O4S2. The Morgan fingerprint density at radius 1 is 1.23 bits per heavy atom. The number of hydrogen-bond donors (Lipinski definition) is 1. The maximum atomic E-state index is 12.9. The molecule has 0 atom stereocenters. The molecule has 2 aromatic heterocycles. The van der Waals surface area contributed by atoms with E-state index in [2.05, 4.69) is 10.3 Å². The first kappa shape index (κ1) is 23.1. The number of carbonyl (C=O) groups excluding carboxylic acids is 1. The van der Waals surface area contributed by atoms with Crippen molar-refractivity contribution in [3.63, 3.8) is 0 Å². The maximum absolute atomic E-state index is 12.9. The molecule has 1 N–H and O–H groups in total. The summed E-state index contributed by atoms with van der Waals surface area (Å²) < 4.78 is 12.2. The Morgan fingerprint density at radius 3 is 2.65 bits per heavy atom. The van der Waals surface area contributed by atoms with Crippen LogP contribution in [0.25, 0.3) is 10.2 Å². The summed E-state index contributed by atoms with van der Waals surface area (Å²) in [6.07, 6.45) is 0.675. The van der Waals surface area contributed by atoms with E-state index in [0.29, 0.717) is 41.6 Å². The van der Waals surface area contributed by atoms with Crippen LogP contribution in [0.1, 0.15) is 22.9 Å². The molecule has 3 rings (SSSR count). The molecule has 2 heterocycles. The van der Waals surface area contributed by atoms with Gasteiger partial charge in [0.25, 0.3) is 5.56 Å². The third-order valence-corrected chi connectivity index (χ3v) is 7.16. The van der Waals surface area contributed by atoms with Gasteiger partial charge in [0.05, 0.1) is 25.4 Å². The minimum atomic E-state index is -0.0963. The molecule has 0 fully saturated rings. The molecule has 0 spiro atoms. The van der Waals surface area contributed by atoms with Crippen LogP contribution >= 0.6 is 23.1 Å². The largest absolute Gasteiger partial charge is 0.493 e. The summed E-state index contributed by atoms with van der Waals surface area (Å²) in [7, 11) is 3.20. The summed E-state index contributed by atoms with van der Waals surface area (Å²) in [6.45, 7) is 6.88. The topological polar surface area (TPSA) is 82.5 Å². The zero-order valence-electron chi connectivity index (χ0n) is 18.4. The van der Waals surface area contributed by atoms with E-state index >= 15 is 0 Å². The minimum Gasteiger partial charge on any atom is -0.493 e. The molecule has 0 saturated carbocycles. The molecule has 0 radical (unpaired) electrons. The first-order chi connectivity index (χ1) is 14.9. The van der Waals surface area contributed by atoms with Gasteiger partial charge in [-0.05, 0) is 50.5 Å². The highest BCUT2D eigenvalue weighted by Gasteiger charge is 2.17. The number of methoxy groups -OCH3 is 2. The van der Waals surface area contributed by atoms with Gasteiger partial charge in [-0.1, -0.05) is 17.8 Å². The van der Waals surface area contributed by atoms with Gasteiger partial charge in [-0.15, -0.1) is 11.3 Å². The van der Waals surface area contributed by atoms with Gasteiger partial charge in [-0.25, -0.2) is 4.98 Å². The van der Waals surface area contributed by atoms with Crippen LogP contribution in [0.2, 0.25) is 0 Å². The normalized spacial score (nSPS) is 11.0. The van der Waals surface area contributed by atoms with Crippen molar-refractivity contribution in [2.75, 3.05) is 26.5 Å². The molecule has 0 saturated heterocycles. The Labute approximate surface area is 189 Å². The number of nitrogens with zero attached hydrogens (tertiary/aromatic N) is 2. The lowest BCUT2D eigenvalue weighted by molar-refractivity contribution is -0.118. The van der Waals surface area contributed by atoms with Crippen LogP contribution in [-0.4, -0.2) is 42.0 Å². The summed E-state index contributed by atoms with van der Waals surface area (Å²) in [6, 6.07) is 5.71. The Bertz CT molecular complexity index is 1150. The number of thiophene rings is 1. The lowest BCUT2D eigenvalue weighted by atomic mass is 10.1. The maximum Gasteiger partial charge on any atom is 0.263 e. The van der Waals surface area contributed by atoms with Crippen molar-refractivity contribution in [1.82, 2.24) is 14.9 Å². The fraction of sp³-hybridized carbons (Fsp3) is 0.409. The van der Waals surface area contributed by atoms with Crippen molar-refractivity contribution in [3.8, 4) is 11.5 Å². The predicted molar refractivity (Wildman–Crippen MR) is 126 cm³/mol. The van der Waals surface area contributed by atoms with Gasteiger partial charge < -0.3 is 14.8 Å². The summed E-state index contributed by atoms with van der Waals surface area (Å²) in [5, 5.41) is 4.19. The molecule has 1 aromatic carbocycles. The second-order valence-electron chi connectivity index (χ2n) is 6.99. The molecule has 0 aliphatic heterocycles. The van der Waals surface area contributed by atoms with Crippen LogP contribution in [0.5, 0.6) is 11.5 Å². The average molecular weight is 462 g/mol. The van der Waals surface area contributed by atoms with Gasteiger partial charge in [0, 0.05) is 18.0 Å². The second-order valence-corrected chi connectivity index (χ2v) is 9.13. The molecule has 0 aliphatic carbocycles. The van der Waals surface area contributed by atoms with Crippen molar-refractivity contribution < 1.29 is 14.3 Å². The zero-order valence-corrected chi connectivity index (χ0v) is 20.0. The molecule has 7 nitrogen and oxygen atoms in total. The highest BCUT2D eigenvalue weighted by molar-refractivity contribution is 7.99. The monoisotopic (exact) mass is 461 g/mol. The molecule has 31 heavy (non-hydrogen) atoms. The fourth-order valence-corrected chi connectivity index (χ4v) is 5.22. The van der Waals surface area contributed by atoms with Crippen LogP contribution < -0.4 is 20.3 Å². The smallest absolute Gasteiger partial charge is 0.263 e. The van der Waals surface area contributed by atoms with E-state index in [1.54, 1.807) is 18.8 Å². The summed E-state index contributed by atoms with van der Waals surface area (Å²) in [4.78, 5) is 31.7. The highest BCUT2D eigenvalue weighted by Crippen LogP contribution is 2.29. The Kier molecular flexibility index (Phi) is 7.61. The van der Waals surface area contributed by atoms with Crippen molar-refractivity contribution >= 4 is 39.2 Å². The van der Waals surface area contributed by atoms with Crippen LogP contribution in [0.15, 0.2) is 28.2 Å². The van der Waals surface area contributed by atoms with Crippen molar-refractivity contribution in [3.05, 3.63) is 44.6 Å². The number of hydrogen-bond acceptors (Lipinski definition) is 7. The van der Waals surface area contributed by atoms with E-state index in [1.807, 2.05) is 39.0 Å². The van der Waals surface area contributed by atoms with Crippen molar-refractivity contribution in [1.29, 1.82) is 0 Å². The number of benzene rings is 1. The Balaban J connectivity index is 1.61. The number of nitrogens with one attached hydrogen (secondary N) is 1. The average Bonchev–Trinajstić information content (AvgIpc) is 3.05. The number of carbonyl (C=O) groups is 1. The van der Waals surface area contributed by atoms with Crippen LogP contribution in [0.3, 0.4) is 0 Å². The van der Waals surface area contributed by atoms with Crippen LogP contribution in [-0.2, 0) is 17.8 Å². The van der Waals surface area contributed by atoms with Crippen molar-refractivity contribution in [2.24, 2.45) is 0 Å². The summed E-state index contributed by atoms with van der Waals surface area (Å²) >= 11 is 2.81. The van der Waals surface area contributed by atoms with Crippen molar-refractivity contribution in [2.45, 2.75) is 38.9 Å². The summed E-state index contributed by atoms with van der Waals surface area (Å²) in [5.74, 6) is 1.45. The number of rotatable bonds is 9. The molecule has 9 heteroatoms. The Hall–Kier alpha value is -2.52. The van der Waals surface area contributed by atoms with E-state index in [1.165, 1.54) is 23.1 Å². The number of amides is 1. The molecule has 1 amide bonds. The summed E-state index contributed by atoms with van der Waals surface area (Å²) in [5.41, 5.74) is 2.00. The number of fused-ring (bicyclic) bond motifs is 1. The molecule has 0 aliphatic rings. The number of thioether (sulfide) groups is 1. The predicted octanol–water partition coefficient (Wildman–Crippen LogP) is 3.56. The highest BCUT2D eigenvalue weighted by atomic mass is 32.2. The molecule has 3 aromatic rings. The van der Waals surface area contributed by atoms with Crippen LogP contribution in [0, 0.1) is 13.8 Å². The van der Waals surface area contributed by atoms with E-state index in [-0.39, 0.29) is 17.2 Å². The Morgan fingerprint density at radius 2 is 1.97 bits per heavy atom. The fourth-order valence-electron chi connectivity index (χ4n) is 3.26. The molecule has 0 unspecified atom stereocenters. The lowest BCUT2D eigenvalue weighted by Crippen LogP contribution is -2.28. The first-order valence-corrected chi connectivity index (χ1v) is 11.8. The number of aromatic nitrogens is 2. The van der Waals surface area contributed by atoms with E-state index in [0.717, 1.165) is 20.8 Å². The van der Waals surface area contributed by atoms with Gasteiger partial charge in [-0.3, -0.25) is 14.2 Å². The molecule has 0 bridgehead atoms. The van der Waals surface area contributed by atoms with E-state index in [9.17, 15) is 9.59 Å². The third-order valence-electron chi connectivity index (χ3n) is 5.09. The van der Waals surface area contributed by atoms with Gasteiger partial charge in [0.1, 0.15) is 4.83 Å². The minimum absolute atomic E-state index is 0.0364. The number of aryl methyl sites for hydroxylation is 2.